The molecule has 0 aromatic heterocycles. The molecule has 0 fully saturated rings. The molecule has 0 saturated carbocycles. The molecule has 2 nitrogen and oxygen atoms in total. The van der Waals surface area contributed by atoms with Crippen LogP contribution >= 0.6 is 0 Å². The van der Waals surface area contributed by atoms with Crippen molar-refractivity contribution in [1.82, 2.24) is 9.80 Å². The molecule has 2 heteroatoms. The standard InChI is InChI=1S/C34H68N2/c1-4-7-10-13-15-17-18-20-22-25-28-31-36-33-32-35(30-27-24-12-9-6-3)34(36)29-26-23-21-19-16-14-11-8-5-2/h32-34H,4-31H2,1-3H3. The molecular formula is C34H68N2. The highest BCUT2D eigenvalue weighted by Gasteiger charge is 2.24. The third kappa shape index (κ3) is 18.6. The zero-order valence-electron chi connectivity index (χ0n) is 25.4. The Morgan fingerprint density at radius 3 is 0.972 bits per heavy atom. The second-order valence-electron chi connectivity index (χ2n) is 11.8. The number of rotatable bonds is 28. The summed E-state index contributed by atoms with van der Waals surface area (Å²) in [6, 6.07) is 0. The van der Waals surface area contributed by atoms with E-state index in [0.717, 1.165) is 0 Å². The number of hydrogen-bond donors (Lipinski definition) is 0. The lowest BCUT2D eigenvalue weighted by atomic mass is 10.0. The molecule has 1 unspecified atom stereocenters. The van der Waals surface area contributed by atoms with E-state index in [-0.39, 0.29) is 0 Å². The maximum Gasteiger partial charge on any atom is 0.101 e. The first-order valence-electron chi connectivity index (χ1n) is 17.0. The van der Waals surface area contributed by atoms with Gasteiger partial charge in [0.25, 0.3) is 0 Å². The minimum atomic E-state index is 0.642. The van der Waals surface area contributed by atoms with E-state index >= 15 is 0 Å². The van der Waals surface area contributed by atoms with Crippen molar-refractivity contribution < 1.29 is 0 Å². The van der Waals surface area contributed by atoms with Crippen LogP contribution in [-0.2, 0) is 0 Å². The van der Waals surface area contributed by atoms with E-state index in [1.54, 1.807) is 0 Å². The van der Waals surface area contributed by atoms with Crippen molar-refractivity contribution in [1.29, 1.82) is 0 Å². The Bertz CT molecular complexity index is 460. The van der Waals surface area contributed by atoms with Crippen LogP contribution in [0, 0.1) is 0 Å². The van der Waals surface area contributed by atoms with Crippen LogP contribution in [0.1, 0.15) is 188 Å². The van der Waals surface area contributed by atoms with Gasteiger partial charge in [-0.25, -0.2) is 0 Å². The van der Waals surface area contributed by atoms with Gasteiger partial charge < -0.3 is 9.80 Å². The Labute approximate surface area is 229 Å². The third-order valence-corrected chi connectivity index (χ3v) is 8.32. The monoisotopic (exact) mass is 505 g/mol. The Morgan fingerprint density at radius 1 is 0.361 bits per heavy atom. The molecule has 0 saturated heterocycles. The van der Waals surface area contributed by atoms with E-state index in [1.807, 2.05) is 0 Å². The Kier molecular flexibility index (Phi) is 24.1. The average molecular weight is 505 g/mol. The summed E-state index contributed by atoms with van der Waals surface area (Å²) in [6.07, 6.45) is 42.5. The molecule has 0 radical (unpaired) electrons. The highest BCUT2D eigenvalue weighted by Crippen LogP contribution is 2.24. The van der Waals surface area contributed by atoms with Gasteiger partial charge in [0.05, 0.1) is 0 Å². The number of hydrogen-bond acceptors (Lipinski definition) is 2. The Morgan fingerprint density at radius 2 is 0.639 bits per heavy atom. The molecule has 0 aromatic carbocycles. The van der Waals surface area contributed by atoms with Gasteiger partial charge in [-0.3, -0.25) is 0 Å². The smallest absolute Gasteiger partial charge is 0.101 e. The fourth-order valence-electron chi connectivity index (χ4n) is 5.83. The van der Waals surface area contributed by atoms with Gasteiger partial charge in [-0.2, -0.15) is 0 Å². The van der Waals surface area contributed by atoms with Gasteiger partial charge in [0, 0.05) is 25.5 Å². The molecule has 0 bridgehead atoms. The van der Waals surface area contributed by atoms with Crippen molar-refractivity contribution >= 4 is 0 Å². The van der Waals surface area contributed by atoms with Crippen LogP contribution in [0.25, 0.3) is 0 Å². The molecule has 0 spiro atoms. The third-order valence-electron chi connectivity index (χ3n) is 8.32. The van der Waals surface area contributed by atoms with Crippen molar-refractivity contribution in [2.45, 2.75) is 194 Å². The summed E-state index contributed by atoms with van der Waals surface area (Å²) in [4.78, 5) is 5.39. The van der Waals surface area contributed by atoms with Crippen molar-refractivity contribution in [3.63, 3.8) is 0 Å². The SMILES string of the molecule is CCCCCCCCCCCCCN1C=CN(CCCCCCC)C1CCCCCCCCCCC. The van der Waals surface area contributed by atoms with Gasteiger partial charge in [-0.05, 0) is 25.7 Å². The van der Waals surface area contributed by atoms with Crippen LogP contribution in [0.5, 0.6) is 0 Å². The van der Waals surface area contributed by atoms with Gasteiger partial charge in [-0.15, -0.1) is 0 Å². The lowest BCUT2D eigenvalue weighted by Gasteiger charge is -2.33. The summed E-state index contributed by atoms with van der Waals surface area (Å²) < 4.78 is 0. The van der Waals surface area contributed by atoms with Crippen LogP contribution in [0.15, 0.2) is 12.4 Å². The maximum absolute atomic E-state index is 2.70. The van der Waals surface area contributed by atoms with Crippen molar-refractivity contribution in [2.24, 2.45) is 0 Å². The fourth-order valence-corrected chi connectivity index (χ4v) is 5.83. The first-order chi connectivity index (χ1) is 17.8. The Balaban J connectivity index is 2.21. The molecule has 1 aliphatic rings. The average Bonchev–Trinajstić information content (AvgIpc) is 3.27. The molecule has 0 aliphatic carbocycles. The van der Waals surface area contributed by atoms with E-state index < -0.39 is 0 Å². The zero-order valence-corrected chi connectivity index (χ0v) is 25.4. The van der Waals surface area contributed by atoms with E-state index in [2.05, 4.69) is 43.0 Å². The fraction of sp³-hybridized carbons (Fsp3) is 0.941. The van der Waals surface area contributed by atoms with Crippen molar-refractivity contribution in [3.8, 4) is 0 Å². The minimum absolute atomic E-state index is 0.642. The summed E-state index contributed by atoms with van der Waals surface area (Å²) in [6.45, 7) is 9.46. The molecule has 0 aromatic rings. The van der Waals surface area contributed by atoms with E-state index in [9.17, 15) is 0 Å². The molecule has 0 N–H and O–H groups in total. The Hall–Kier alpha value is -0.660. The first kappa shape index (κ1) is 33.4. The molecule has 1 heterocycles. The predicted molar refractivity (Wildman–Crippen MR) is 163 cm³/mol. The lowest BCUT2D eigenvalue weighted by molar-refractivity contribution is 0.135. The second kappa shape index (κ2) is 26.0. The van der Waals surface area contributed by atoms with Crippen LogP contribution in [0.3, 0.4) is 0 Å². The molecule has 1 aliphatic heterocycles. The quantitative estimate of drug-likeness (QED) is 0.0977. The minimum Gasteiger partial charge on any atom is -0.356 e. The molecular weight excluding hydrogens is 436 g/mol. The van der Waals surface area contributed by atoms with Gasteiger partial charge in [-0.1, -0.05) is 162 Å². The second-order valence-corrected chi connectivity index (χ2v) is 11.8. The van der Waals surface area contributed by atoms with Gasteiger partial charge in [0.1, 0.15) is 6.17 Å². The summed E-state index contributed by atoms with van der Waals surface area (Å²) >= 11 is 0. The highest BCUT2D eigenvalue weighted by molar-refractivity contribution is 4.97. The van der Waals surface area contributed by atoms with Crippen LogP contribution < -0.4 is 0 Å². The summed E-state index contributed by atoms with van der Waals surface area (Å²) in [5.41, 5.74) is 0. The molecule has 214 valence electrons. The zero-order chi connectivity index (χ0) is 25.9. The highest BCUT2D eigenvalue weighted by atomic mass is 15.4. The van der Waals surface area contributed by atoms with Gasteiger partial charge in [0.15, 0.2) is 0 Å². The van der Waals surface area contributed by atoms with Crippen molar-refractivity contribution in [2.75, 3.05) is 13.1 Å². The van der Waals surface area contributed by atoms with E-state index in [1.165, 1.54) is 180 Å². The first-order valence-corrected chi connectivity index (χ1v) is 17.0. The number of nitrogens with zero attached hydrogens (tertiary/aromatic N) is 2. The maximum atomic E-state index is 2.70. The summed E-state index contributed by atoms with van der Waals surface area (Å²) in [5, 5.41) is 0. The predicted octanol–water partition coefficient (Wildman–Crippen LogP) is 11.6. The number of unbranched alkanes of at least 4 members (excludes halogenated alkanes) is 22. The molecule has 1 rings (SSSR count). The molecule has 36 heavy (non-hydrogen) atoms. The van der Waals surface area contributed by atoms with Gasteiger partial charge >= 0.3 is 0 Å². The van der Waals surface area contributed by atoms with E-state index in [0.29, 0.717) is 6.17 Å². The molecule has 0 amide bonds. The lowest BCUT2D eigenvalue weighted by Crippen LogP contribution is -2.39. The normalized spacial score (nSPS) is 15.5. The van der Waals surface area contributed by atoms with Crippen LogP contribution in [-0.4, -0.2) is 29.1 Å². The van der Waals surface area contributed by atoms with Gasteiger partial charge in [0.2, 0.25) is 0 Å². The topological polar surface area (TPSA) is 6.48 Å². The van der Waals surface area contributed by atoms with Crippen LogP contribution in [0.2, 0.25) is 0 Å². The molecule has 1 atom stereocenters. The van der Waals surface area contributed by atoms with Crippen LogP contribution in [0.4, 0.5) is 0 Å². The van der Waals surface area contributed by atoms with E-state index in [4.69, 9.17) is 0 Å². The van der Waals surface area contributed by atoms with Crippen molar-refractivity contribution in [3.05, 3.63) is 12.4 Å². The largest absolute Gasteiger partial charge is 0.356 e. The summed E-state index contributed by atoms with van der Waals surface area (Å²) in [7, 11) is 0. The summed E-state index contributed by atoms with van der Waals surface area (Å²) in [5.74, 6) is 0.